The summed E-state index contributed by atoms with van der Waals surface area (Å²) in [5.74, 6) is -0.692. The second-order valence-corrected chi connectivity index (χ2v) is 4.78. The fraction of sp³-hybridized carbons (Fsp3) is 0.727. The first-order valence-electron chi connectivity index (χ1n) is 5.08. The lowest BCUT2D eigenvalue weighted by molar-refractivity contribution is -0.139. The van der Waals surface area contributed by atoms with E-state index in [0.717, 1.165) is 19.4 Å². The molecule has 3 heteroatoms. The van der Waals surface area contributed by atoms with Gasteiger partial charge in [0.15, 0.2) is 0 Å². The lowest BCUT2D eigenvalue weighted by Crippen LogP contribution is -2.05. The number of carbonyl (C=O) groups is 1. The Labute approximate surface area is 83.8 Å². The second kappa shape index (κ2) is 3.01. The molecule has 2 rings (SSSR count). The Hall–Kier alpha value is -0.990. The average Bonchev–Trinajstić information content (AvgIpc) is 2.71. The maximum Gasteiger partial charge on any atom is 0.307 e. The molecular weight excluding hydrogens is 180 g/mol. The average molecular weight is 196 g/mol. The Morgan fingerprint density at radius 1 is 1.64 bits per heavy atom. The van der Waals surface area contributed by atoms with Crippen LogP contribution in [0.5, 0.6) is 0 Å². The highest BCUT2D eigenvalue weighted by atomic mass is 16.5. The SMILES string of the molecule is CC1(C)C(C(=O)O)C1C1=COCCC1. The summed E-state index contributed by atoms with van der Waals surface area (Å²) in [5.41, 5.74) is 1.10. The van der Waals surface area contributed by atoms with Crippen molar-refractivity contribution in [3.05, 3.63) is 11.8 Å². The highest BCUT2D eigenvalue weighted by molar-refractivity contribution is 5.76. The molecule has 2 unspecified atom stereocenters. The Bertz CT molecular complexity index is 291. The molecule has 0 bridgehead atoms. The Balaban J connectivity index is 2.13. The van der Waals surface area contributed by atoms with Gasteiger partial charge in [0.1, 0.15) is 0 Å². The minimum absolute atomic E-state index is 0.0850. The Kier molecular flexibility index (Phi) is 2.05. The molecule has 1 saturated carbocycles. The number of aliphatic carboxylic acids is 1. The third-order valence-corrected chi connectivity index (χ3v) is 3.46. The molecule has 1 aliphatic carbocycles. The van der Waals surface area contributed by atoms with E-state index >= 15 is 0 Å². The summed E-state index contributed by atoms with van der Waals surface area (Å²) < 4.78 is 5.25. The van der Waals surface area contributed by atoms with Gasteiger partial charge in [-0.2, -0.15) is 0 Å². The summed E-state index contributed by atoms with van der Waals surface area (Å²) >= 11 is 0. The van der Waals surface area contributed by atoms with E-state index in [1.807, 2.05) is 13.8 Å². The standard InChI is InChI=1S/C11H16O3/c1-11(2)8(9(11)10(12)13)7-4-3-5-14-6-7/h6,8-9H,3-5H2,1-2H3,(H,12,13). The molecule has 0 radical (unpaired) electrons. The van der Waals surface area contributed by atoms with E-state index in [1.165, 1.54) is 5.57 Å². The highest BCUT2D eigenvalue weighted by Gasteiger charge is 2.63. The molecule has 2 atom stereocenters. The molecule has 0 spiro atoms. The first-order valence-corrected chi connectivity index (χ1v) is 5.08. The maximum atomic E-state index is 11.0. The van der Waals surface area contributed by atoms with Crippen molar-refractivity contribution in [3.63, 3.8) is 0 Å². The first-order chi connectivity index (χ1) is 6.55. The molecule has 0 aromatic carbocycles. The molecule has 0 amide bonds. The number of hydrogen-bond acceptors (Lipinski definition) is 2. The number of ether oxygens (including phenoxy) is 1. The van der Waals surface area contributed by atoms with Crippen LogP contribution in [0.2, 0.25) is 0 Å². The summed E-state index contributed by atoms with van der Waals surface area (Å²) in [4.78, 5) is 11.0. The van der Waals surface area contributed by atoms with E-state index in [9.17, 15) is 4.79 Å². The number of allylic oxidation sites excluding steroid dienone is 1. The molecule has 78 valence electrons. The lowest BCUT2D eigenvalue weighted by atomic mass is 10.00. The molecule has 0 aromatic rings. The minimum Gasteiger partial charge on any atom is -0.501 e. The van der Waals surface area contributed by atoms with Crippen LogP contribution in [0.3, 0.4) is 0 Å². The zero-order valence-electron chi connectivity index (χ0n) is 8.62. The van der Waals surface area contributed by atoms with E-state index in [-0.39, 0.29) is 17.3 Å². The summed E-state index contributed by atoms with van der Waals surface area (Å²) in [7, 11) is 0. The van der Waals surface area contributed by atoms with Crippen molar-refractivity contribution in [3.8, 4) is 0 Å². The van der Waals surface area contributed by atoms with Gasteiger partial charge in [-0.15, -0.1) is 0 Å². The van der Waals surface area contributed by atoms with Crippen molar-refractivity contribution in [2.75, 3.05) is 6.61 Å². The summed E-state index contributed by atoms with van der Waals surface area (Å²) in [6.07, 6.45) is 3.79. The van der Waals surface area contributed by atoms with Gasteiger partial charge in [0.2, 0.25) is 0 Å². The third-order valence-electron chi connectivity index (χ3n) is 3.46. The predicted octanol–water partition coefficient (Wildman–Crippen LogP) is 2.04. The van der Waals surface area contributed by atoms with Crippen LogP contribution in [0.1, 0.15) is 26.7 Å². The van der Waals surface area contributed by atoms with Gasteiger partial charge in [0.25, 0.3) is 0 Å². The molecule has 2 aliphatic rings. The van der Waals surface area contributed by atoms with Gasteiger partial charge in [-0.25, -0.2) is 0 Å². The van der Waals surface area contributed by atoms with E-state index in [1.54, 1.807) is 6.26 Å². The molecule has 1 aliphatic heterocycles. The van der Waals surface area contributed by atoms with Gasteiger partial charge in [-0.1, -0.05) is 13.8 Å². The lowest BCUT2D eigenvalue weighted by Gasteiger charge is -2.14. The van der Waals surface area contributed by atoms with Crippen LogP contribution in [0, 0.1) is 17.3 Å². The molecule has 0 saturated heterocycles. The molecule has 14 heavy (non-hydrogen) atoms. The van der Waals surface area contributed by atoms with Crippen LogP contribution in [-0.4, -0.2) is 17.7 Å². The van der Waals surface area contributed by atoms with Crippen LogP contribution >= 0.6 is 0 Å². The fourth-order valence-corrected chi connectivity index (χ4v) is 2.60. The van der Waals surface area contributed by atoms with Crippen LogP contribution in [0.15, 0.2) is 11.8 Å². The zero-order valence-corrected chi connectivity index (χ0v) is 8.62. The monoisotopic (exact) mass is 196 g/mol. The van der Waals surface area contributed by atoms with Crippen LogP contribution in [0.25, 0.3) is 0 Å². The topological polar surface area (TPSA) is 46.5 Å². The van der Waals surface area contributed by atoms with Gasteiger partial charge in [0, 0.05) is 5.92 Å². The van der Waals surface area contributed by atoms with Gasteiger partial charge in [-0.3, -0.25) is 4.79 Å². The normalized spacial score (nSPS) is 34.3. The fourth-order valence-electron chi connectivity index (χ4n) is 2.60. The second-order valence-electron chi connectivity index (χ2n) is 4.78. The maximum absolute atomic E-state index is 11.0. The minimum atomic E-state index is -0.675. The van der Waals surface area contributed by atoms with Crippen LogP contribution < -0.4 is 0 Å². The molecule has 1 N–H and O–H groups in total. The van der Waals surface area contributed by atoms with E-state index in [4.69, 9.17) is 9.84 Å². The molecule has 3 nitrogen and oxygen atoms in total. The molecule has 1 heterocycles. The van der Waals surface area contributed by atoms with Crippen LogP contribution in [0.4, 0.5) is 0 Å². The van der Waals surface area contributed by atoms with Crippen molar-refractivity contribution < 1.29 is 14.6 Å². The zero-order chi connectivity index (χ0) is 10.3. The van der Waals surface area contributed by atoms with Crippen LogP contribution in [-0.2, 0) is 9.53 Å². The summed E-state index contributed by atoms with van der Waals surface area (Å²) in [6.45, 7) is 4.81. The molecule has 0 aromatic heterocycles. The largest absolute Gasteiger partial charge is 0.501 e. The van der Waals surface area contributed by atoms with Gasteiger partial charge >= 0.3 is 5.97 Å². The smallest absolute Gasteiger partial charge is 0.307 e. The van der Waals surface area contributed by atoms with Gasteiger partial charge in [0.05, 0.1) is 18.8 Å². The summed E-state index contributed by atoms with van der Waals surface area (Å²) in [5, 5.41) is 9.02. The number of carboxylic acids is 1. The van der Waals surface area contributed by atoms with Gasteiger partial charge < -0.3 is 9.84 Å². The molecule has 1 fully saturated rings. The number of hydrogen-bond donors (Lipinski definition) is 1. The number of carboxylic acid groups (broad SMARTS) is 1. The first kappa shape index (κ1) is 9.56. The van der Waals surface area contributed by atoms with Crippen molar-refractivity contribution in [1.82, 2.24) is 0 Å². The van der Waals surface area contributed by atoms with Crippen molar-refractivity contribution in [2.24, 2.45) is 17.3 Å². The third kappa shape index (κ3) is 1.31. The Morgan fingerprint density at radius 2 is 2.36 bits per heavy atom. The summed E-state index contributed by atoms with van der Waals surface area (Å²) in [6, 6.07) is 0. The van der Waals surface area contributed by atoms with Crippen molar-refractivity contribution in [1.29, 1.82) is 0 Å². The van der Waals surface area contributed by atoms with Crippen molar-refractivity contribution >= 4 is 5.97 Å². The van der Waals surface area contributed by atoms with Crippen molar-refractivity contribution in [2.45, 2.75) is 26.7 Å². The highest BCUT2D eigenvalue weighted by Crippen LogP contribution is 2.62. The van der Waals surface area contributed by atoms with Gasteiger partial charge in [-0.05, 0) is 23.8 Å². The number of rotatable bonds is 2. The Morgan fingerprint density at radius 3 is 2.79 bits per heavy atom. The molecular formula is C11H16O3. The van der Waals surface area contributed by atoms with E-state index in [0.29, 0.717) is 0 Å². The quantitative estimate of drug-likeness (QED) is 0.735. The van der Waals surface area contributed by atoms with E-state index in [2.05, 4.69) is 0 Å². The van der Waals surface area contributed by atoms with E-state index < -0.39 is 5.97 Å². The predicted molar refractivity (Wildman–Crippen MR) is 51.7 cm³/mol.